The molecule has 0 amide bonds. The van der Waals surface area contributed by atoms with Crippen LogP contribution in [0.3, 0.4) is 0 Å². The highest BCUT2D eigenvalue weighted by Crippen LogP contribution is 2.13. The van der Waals surface area contributed by atoms with E-state index in [1.165, 1.54) is 6.20 Å². The summed E-state index contributed by atoms with van der Waals surface area (Å²) in [5.41, 5.74) is 11.8. The lowest BCUT2D eigenvalue weighted by molar-refractivity contribution is 1.33. The number of hydrogen-bond donors (Lipinski definition) is 3. The van der Waals surface area contributed by atoms with E-state index in [-0.39, 0.29) is 5.82 Å². The van der Waals surface area contributed by atoms with Crippen molar-refractivity contribution in [1.29, 1.82) is 5.41 Å². The second-order valence-electron chi connectivity index (χ2n) is 1.84. The van der Waals surface area contributed by atoms with Gasteiger partial charge in [-0.15, -0.1) is 0 Å². The molecule has 0 aliphatic heterocycles. The van der Waals surface area contributed by atoms with Crippen LogP contribution in [0.2, 0.25) is 0 Å². The first-order valence-electron chi connectivity index (χ1n) is 2.76. The number of hydrogen-bond acceptors (Lipinski definition) is 4. The Bertz CT molecular complexity index is 256. The monoisotopic (exact) mass is 136 g/mol. The zero-order chi connectivity index (χ0) is 7.56. The zero-order valence-electron chi connectivity index (χ0n) is 5.33. The van der Waals surface area contributed by atoms with E-state index in [1.807, 2.05) is 0 Å². The number of rotatable bonds is 1. The summed E-state index contributed by atoms with van der Waals surface area (Å²) in [4.78, 5) is 3.74. The van der Waals surface area contributed by atoms with E-state index in [9.17, 15) is 0 Å². The maximum atomic E-state index is 6.89. The smallest absolute Gasteiger partial charge is 0.147 e. The van der Waals surface area contributed by atoms with Crippen LogP contribution in [0.5, 0.6) is 0 Å². The molecule has 0 spiro atoms. The normalized spacial score (nSPS) is 9.20. The highest BCUT2D eigenvalue weighted by atomic mass is 14.9. The van der Waals surface area contributed by atoms with E-state index in [1.54, 1.807) is 6.07 Å². The molecule has 5 N–H and O–H groups in total. The molecule has 0 aliphatic carbocycles. The fraction of sp³-hybridized carbons (Fsp3) is 0. The minimum Gasteiger partial charge on any atom is -0.395 e. The Balaban J connectivity index is 3.27. The van der Waals surface area contributed by atoms with Crippen LogP contribution in [0, 0.1) is 5.41 Å². The van der Waals surface area contributed by atoms with Crippen molar-refractivity contribution in [2.24, 2.45) is 0 Å². The van der Waals surface area contributed by atoms with Gasteiger partial charge in [0, 0.05) is 18.0 Å². The number of anilines is 2. The van der Waals surface area contributed by atoms with E-state index >= 15 is 0 Å². The molecule has 0 aromatic carbocycles. The Kier molecular flexibility index (Phi) is 1.53. The predicted molar refractivity (Wildman–Crippen MR) is 40.9 cm³/mol. The Hall–Kier alpha value is -1.58. The molecule has 1 aromatic heterocycles. The molecule has 0 aliphatic rings. The summed E-state index contributed by atoms with van der Waals surface area (Å²) >= 11 is 0. The Morgan fingerprint density at radius 3 is 2.70 bits per heavy atom. The molecular weight excluding hydrogens is 128 g/mol. The Morgan fingerprint density at radius 2 is 2.20 bits per heavy atom. The highest BCUT2D eigenvalue weighted by Gasteiger charge is 1.98. The Morgan fingerprint density at radius 1 is 1.50 bits per heavy atom. The van der Waals surface area contributed by atoms with Crippen molar-refractivity contribution < 1.29 is 0 Å². The highest BCUT2D eigenvalue weighted by molar-refractivity contribution is 5.88. The second-order valence-corrected chi connectivity index (χ2v) is 1.84. The van der Waals surface area contributed by atoms with Crippen LogP contribution in [0.1, 0.15) is 5.56 Å². The quantitative estimate of drug-likeness (QED) is 0.483. The molecule has 0 saturated heterocycles. The molecule has 0 unspecified atom stereocenters. The summed E-state index contributed by atoms with van der Waals surface area (Å²) in [6.07, 6.45) is 2.67. The number of nitrogen functional groups attached to an aromatic ring is 2. The third-order valence-corrected chi connectivity index (χ3v) is 1.21. The lowest BCUT2D eigenvalue weighted by Crippen LogP contribution is -2.00. The van der Waals surface area contributed by atoms with Gasteiger partial charge >= 0.3 is 0 Å². The molecule has 1 rings (SSSR count). The van der Waals surface area contributed by atoms with Crippen LogP contribution in [0.15, 0.2) is 12.3 Å². The van der Waals surface area contributed by atoms with Gasteiger partial charge < -0.3 is 16.9 Å². The Labute approximate surface area is 58.4 Å². The molecule has 1 aromatic rings. The molecule has 0 saturated carbocycles. The maximum absolute atomic E-state index is 6.89. The van der Waals surface area contributed by atoms with Crippen LogP contribution in [0.25, 0.3) is 0 Å². The standard InChI is InChI=1S/C6H8N4/c7-3-4-1-2-10-6(9)5(4)8/h1-3,7H,8H2,(H2,9,10). The largest absolute Gasteiger partial charge is 0.395 e. The second kappa shape index (κ2) is 2.34. The molecule has 1 heterocycles. The van der Waals surface area contributed by atoms with Crippen LogP contribution < -0.4 is 11.5 Å². The topological polar surface area (TPSA) is 88.8 Å². The number of nitrogens with one attached hydrogen (secondary N) is 1. The van der Waals surface area contributed by atoms with Crippen molar-refractivity contribution in [3.05, 3.63) is 17.8 Å². The van der Waals surface area contributed by atoms with Gasteiger partial charge in [0.2, 0.25) is 0 Å². The third kappa shape index (κ3) is 0.907. The first-order valence-corrected chi connectivity index (χ1v) is 2.76. The molecule has 0 fully saturated rings. The van der Waals surface area contributed by atoms with Gasteiger partial charge in [-0.25, -0.2) is 4.98 Å². The van der Waals surface area contributed by atoms with E-state index in [0.717, 1.165) is 6.21 Å². The van der Waals surface area contributed by atoms with Crippen LogP contribution in [-0.4, -0.2) is 11.2 Å². The summed E-state index contributed by atoms with van der Waals surface area (Å²) < 4.78 is 0. The fourth-order valence-electron chi connectivity index (χ4n) is 0.631. The van der Waals surface area contributed by atoms with Gasteiger partial charge in [0.15, 0.2) is 0 Å². The van der Waals surface area contributed by atoms with Crippen LogP contribution >= 0.6 is 0 Å². The molecule has 10 heavy (non-hydrogen) atoms. The lowest BCUT2D eigenvalue weighted by Gasteiger charge is -1.99. The van der Waals surface area contributed by atoms with Gasteiger partial charge in [-0.2, -0.15) is 0 Å². The van der Waals surface area contributed by atoms with Gasteiger partial charge in [0.05, 0.1) is 5.69 Å². The van der Waals surface area contributed by atoms with E-state index in [0.29, 0.717) is 11.3 Å². The van der Waals surface area contributed by atoms with Crippen molar-refractivity contribution in [3.63, 3.8) is 0 Å². The summed E-state index contributed by atoms with van der Waals surface area (Å²) in [5, 5.41) is 6.89. The van der Waals surface area contributed by atoms with E-state index < -0.39 is 0 Å². The van der Waals surface area contributed by atoms with Crippen molar-refractivity contribution in [2.45, 2.75) is 0 Å². The first kappa shape index (κ1) is 6.54. The third-order valence-electron chi connectivity index (χ3n) is 1.21. The van der Waals surface area contributed by atoms with Crippen molar-refractivity contribution in [2.75, 3.05) is 11.5 Å². The predicted octanol–water partition coefficient (Wildman–Crippen LogP) is 0.244. The van der Waals surface area contributed by atoms with Gasteiger partial charge in [-0.3, -0.25) is 0 Å². The summed E-state index contributed by atoms with van der Waals surface area (Å²) in [7, 11) is 0. The lowest BCUT2D eigenvalue weighted by atomic mass is 10.2. The van der Waals surface area contributed by atoms with Crippen molar-refractivity contribution in [3.8, 4) is 0 Å². The van der Waals surface area contributed by atoms with E-state index in [4.69, 9.17) is 16.9 Å². The molecule has 4 nitrogen and oxygen atoms in total. The molecular formula is C6H8N4. The number of pyridine rings is 1. The van der Waals surface area contributed by atoms with Gasteiger partial charge in [0.25, 0.3) is 0 Å². The average Bonchev–Trinajstić information content (AvgIpc) is 1.95. The zero-order valence-corrected chi connectivity index (χ0v) is 5.33. The number of aromatic nitrogens is 1. The van der Waals surface area contributed by atoms with Crippen molar-refractivity contribution >= 4 is 17.7 Å². The fourth-order valence-corrected chi connectivity index (χ4v) is 0.631. The van der Waals surface area contributed by atoms with Crippen LogP contribution in [-0.2, 0) is 0 Å². The SMILES string of the molecule is N=Cc1ccnc(N)c1N. The summed E-state index contributed by atoms with van der Waals surface area (Å²) in [6.45, 7) is 0. The minimum atomic E-state index is 0.279. The van der Waals surface area contributed by atoms with Gasteiger partial charge in [-0.1, -0.05) is 0 Å². The van der Waals surface area contributed by atoms with Crippen molar-refractivity contribution in [1.82, 2.24) is 4.98 Å². The van der Waals surface area contributed by atoms with E-state index in [2.05, 4.69) is 4.98 Å². The molecule has 4 heteroatoms. The van der Waals surface area contributed by atoms with Gasteiger partial charge in [0.1, 0.15) is 5.82 Å². The molecule has 0 atom stereocenters. The molecule has 0 bridgehead atoms. The minimum absolute atomic E-state index is 0.279. The number of nitrogens with zero attached hydrogens (tertiary/aromatic N) is 1. The summed E-state index contributed by atoms with van der Waals surface area (Å²) in [5.74, 6) is 0.279. The molecule has 52 valence electrons. The average molecular weight is 136 g/mol. The number of nitrogens with two attached hydrogens (primary N) is 2. The van der Waals surface area contributed by atoms with Crippen LogP contribution in [0.4, 0.5) is 11.5 Å². The molecule has 0 radical (unpaired) electrons. The maximum Gasteiger partial charge on any atom is 0.147 e. The van der Waals surface area contributed by atoms with Gasteiger partial charge in [-0.05, 0) is 6.07 Å². The first-order chi connectivity index (χ1) is 4.75. The summed E-state index contributed by atoms with van der Waals surface area (Å²) in [6, 6.07) is 1.64.